The van der Waals surface area contributed by atoms with E-state index in [0.717, 1.165) is 13.1 Å². The molecule has 1 aliphatic rings. The molecule has 3 rings (SSSR count). The maximum atomic E-state index is 13.1. The molecular formula is C22H26N4O4. The van der Waals surface area contributed by atoms with Gasteiger partial charge in [0.1, 0.15) is 22.9 Å². The summed E-state index contributed by atoms with van der Waals surface area (Å²) in [5.74, 6) is 0.966. The second-order valence-corrected chi connectivity index (χ2v) is 6.91. The van der Waals surface area contributed by atoms with Crippen molar-refractivity contribution in [3.63, 3.8) is 0 Å². The number of nitrogens with one attached hydrogen (secondary N) is 2. The van der Waals surface area contributed by atoms with E-state index in [2.05, 4.69) is 10.6 Å². The minimum Gasteiger partial charge on any atom is -0.497 e. The molecule has 1 saturated heterocycles. The van der Waals surface area contributed by atoms with Gasteiger partial charge in [0.25, 0.3) is 11.8 Å². The number of hydrogen-bond donors (Lipinski definition) is 2. The molecule has 2 amide bonds. The average Bonchev–Trinajstić information content (AvgIpc) is 3.07. The molecule has 0 aromatic heterocycles. The van der Waals surface area contributed by atoms with Gasteiger partial charge in [-0.1, -0.05) is 0 Å². The first-order valence-corrected chi connectivity index (χ1v) is 9.50. The van der Waals surface area contributed by atoms with E-state index in [9.17, 15) is 9.59 Å². The SMILES string of the molecule is COc1ccc(NC(=O)C(C(=O)Nc2ccc(OC)cc2)=C2N(C)CCN2C)cc1. The Labute approximate surface area is 176 Å². The highest BCUT2D eigenvalue weighted by atomic mass is 16.5. The Morgan fingerprint density at radius 1 is 0.733 bits per heavy atom. The highest BCUT2D eigenvalue weighted by Gasteiger charge is 2.31. The molecule has 0 bridgehead atoms. The minimum atomic E-state index is -0.484. The van der Waals surface area contributed by atoms with E-state index in [-0.39, 0.29) is 5.57 Å². The molecule has 0 radical (unpaired) electrons. The molecular weight excluding hydrogens is 384 g/mol. The first kappa shape index (κ1) is 21.0. The van der Waals surface area contributed by atoms with Crippen molar-refractivity contribution >= 4 is 23.2 Å². The van der Waals surface area contributed by atoms with Crippen molar-refractivity contribution in [3.8, 4) is 11.5 Å². The van der Waals surface area contributed by atoms with E-state index in [1.807, 2.05) is 23.9 Å². The first-order chi connectivity index (χ1) is 14.4. The number of amides is 2. The number of benzene rings is 2. The van der Waals surface area contributed by atoms with Gasteiger partial charge in [0, 0.05) is 38.6 Å². The monoisotopic (exact) mass is 410 g/mol. The Morgan fingerprint density at radius 2 is 1.10 bits per heavy atom. The van der Waals surface area contributed by atoms with Gasteiger partial charge in [-0.2, -0.15) is 0 Å². The van der Waals surface area contributed by atoms with Gasteiger partial charge in [0.15, 0.2) is 0 Å². The summed E-state index contributed by atoms with van der Waals surface area (Å²) in [5, 5.41) is 5.62. The van der Waals surface area contributed by atoms with Crippen LogP contribution in [0, 0.1) is 0 Å². The summed E-state index contributed by atoms with van der Waals surface area (Å²) in [6.45, 7) is 1.45. The van der Waals surface area contributed by atoms with Crippen molar-refractivity contribution in [2.24, 2.45) is 0 Å². The molecule has 0 spiro atoms. The number of anilines is 2. The number of carbonyl (C=O) groups is 2. The van der Waals surface area contributed by atoms with Crippen LogP contribution < -0.4 is 20.1 Å². The van der Waals surface area contributed by atoms with Crippen LogP contribution in [0.3, 0.4) is 0 Å². The molecule has 0 atom stereocenters. The van der Waals surface area contributed by atoms with E-state index < -0.39 is 11.8 Å². The van der Waals surface area contributed by atoms with Gasteiger partial charge in [0.2, 0.25) is 0 Å². The van der Waals surface area contributed by atoms with Gasteiger partial charge in [-0.05, 0) is 48.5 Å². The molecule has 2 aromatic carbocycles. The van der Waals surface area contributed by atoms with Gasteiger partial charge in [-0.25, -0.2) is 0 Å². The Kier molecular flexibility index (Phi) is 6.46. The molecule has 1 fully saturated rings. The highest BCUT2D eigenvalue weighted by molar-refractivity contribution is 6.26. The highest BCUT2D eigenvalue weighted by Crippen LogP contribution is 2.23. The number of nitrogens with zero attached hydrogens (tertiary/aromatic N) is 2. The number of hydrogen-bond acceptors (Lipinski definition) is 6. The van der Waals surface area contributed by atoms with Crippen LogP contribution >= 0.6 is 0 Å². The van der Waals surface area contributed by atoms with Gasteiger partial charge >= 0.3 is 0 Å². The van der Waals surface area contributed by atoms with E-state index in [0.29, 0.717) is 28.7 Å². The molecule has 0 saturated carbocycles. The zero-order valence-electron chi connectivity index (χ0n) is 17.6. The van der Waals surface area contributed by atoms with Gasteiger partial charge < -0.3 is 29.9 Å². The Morgan fingerprint density at radius 3 is 1.43 bits per heavy atom. The van der Waals surface area contributed by atoms with Crippen molar-refractivity contribution in [2.45, 2.75) is 0 Å². The summed E-state index contributed by atoms with van der Waals surface area (Å²) in [4.78, 5) is 30.1. The topological polar surface area (TPSA) is 83.1 Å². The third-order valence-electron chi connectivity index (χ3n) is 4.87. The predicted octanol–water partition coefficient (Wildman–Crippen LogP) is 2.37. The molecule has 8 heteroatoms. The number of methoxy groups -OCH3 is 2. The molecule has 0 unspecified atom stereocenters. The quantitative estimate of drug-likeness (QED) is 0.432. The van der Waals surface area contributed by atoms with Crippen LogP contribution in [0.1, 0.15) is 0 Å². The Bertz CT molecular complexity index is 863. The van der Waals surface area contributed by atoms with Crippen LogP contribution in [0.2, 0.25) is 0 Å². The maximum Gasteiger partial charge on any atom is 0.264 e. The minimum absolute atomic E-state index is 0.0455. The summed E-state index contributed by atoms with van der Waals surface area (Å²) < 4.78 is 10.3. The van der Waals surface area contributed by atoms with Crippen LogP contribution in [-0.2, 0) is 9.59 Å². The fraction of sp³-hybridized carbons (Fsp3) is 0.273. The maximum absolute atomic E-state index is 13.1. The molecule has 2 aromatic rings. The molecule has 1 heterocycles. The third kappa shape index (κ3) is 4.65. The number of rotatable bonds is 6. The largest absolute Gasteiger partial charge is 0.497 e. The fourth-order valence-electron chi connectivity index (χ4n) is 3.23. The van der Waals surface area contributed by atoms with Gasteiger partial charge in [-0.15, -0.1) is 0 Å². The fourth-order valence-corrected chi connectivity index (χ4v) is 3.23. The number of ether oxygens (including phenoxy) is 2. The van der Waals surface area contributed by atoms with Gasteiger partial charge in [-0.3, -0.25) is 9.59 Å². The molecule has 30 heavy (non-hydrogen) atoms. The smallest absolute Gasteiger partial charge is 0.264 e. The number of likely N-dealkylation sites (N-methyl/N-ethyl adjacent to an activating group) is 2. The second kappa shape index (κ2) is 9.21. The van der Waals surface area contributed by atoms with Crippen LogP contribution in [-0.4, -0.2) is 63.0 Å². The van der Waals surface area contributed by atoms with Gasteiger partial charge in [0.05, 0.1) is 14.2 Å². The number of carbonyl (C=O) groups excluding carboxylic acids is 2. The van der Waals surface area contributed by atoms with Crippen LogP contribution in [0.5, 0.6) is 11.5 Å². The first-order valence-electron chi connectivity index (χ1n) is 9.50. The summed E-state index contributed by atoms with van der Waals surface area (Å²) in [5.41, 5.74) is 1.18. The zero-order chi connectivity index (χ0) is 21.7. The summed E-state index contributed by atoms with van der Waals surface area (Å²) in [7, 11) is 6.87. The van der Waals surface area contributed by atoms with Crippen LogP contribution in [0.25, 0.3) is 0 Å². The Hall–Kier alpha value is -3.68. The standard InChI is InChI=1S/C22H26N4O4/c1-25-13-14-26(2)22(25)19(20(27)23-15-5-9-17(29-3)10-6-15)21(28)24-16-7-11-18(30-4)12-8-16/h5-12H,13-14H2,1-4H3,(H,23,27)(H,24,28). The van der Waals surface area contributed by atoms with Crippen molar-refractivity contribution in [3.05, 3.63) is 59.9 Å². The summed E-state index contributed by atoms with van der Waals surface area (Å²) in [6.07, 6.45) is 0. The normalized spacial score (nSPS) is 13.1. The van der Waals surface area contributed by atoms with Crippen molar-refractivity contribution < 1.29 is 19.1 Å². The molecule has 2 N–H and O–H groups in total. The van der Waals surface area contributed by atoms with E-state index in [4.69, 9.17) is 9.47 Å². The summed E-state index contributed by atoms with van der Waals surface area (Å²) >= 11 is 0. The van der Waals surface area contributed by atoms with Crippen molar-refractivity contribution in [1.29, 1.82) is 0 Å². The lowest BCUT2D eigenvalue weighted by molar-refractivity contribution is -0.118. The van der Waals surface area contributed by atoms with Crippen molar-refractivity contribution in [1.82, 2.24) is 9.80 Å². The molecule has 8 nitrogen and oxygen atoms in total. The molecule has 0 aliphatic carbocycles. The predicted molar refractivity (Wildman–Crippen MR) is 116 cm³/mol. The van der Waals surface area contributed by atoms with E-state index >= 15 is 0 Å². The lowest BCUT2D eigenvalue weighted by Crippen LogP contribution is -2.32. The Balaban J connectivity index is 1.88. The zero-order valence-corrected chi connectivity index (χ0v) is 17.6. The molecule has 1 aliphatic heterocycles. The molecule has 158 valence electrons. The lowest BCUT2D eigenvalue weighted by Gasteiger charge is -2.22. The third-order valence-corrected chi connectivity index (χ3v) is 4.87. The lowest BCUT2D eigenvalue weighted by atomic mass is 10.2. The van der Waals surface area contributed by atoms with Crippen molar-refractivity contribution in [2.75, 3.05) is 52.0 Å². The average molecular weight is 410 g/mol. The van der Waals surface area contributed by atoms with Crippen LogP contribution in [0.15, 0.2) is 59.9 Å². The van der Waals surface area contributed by atoms with Crippen LogP contribution in [0.4, 0.5) is 11.4 Å². The van der Waals surface area contributed by atoms with E-state index in [1.165, 1.54) is 0 Å². The van der Waals surface area contributed by atoms with E-state index in [1.54, 1.807) is 62.8 Å². The second-order valence-electron chi connectivity index (χ2n) is 6.91. The summed E-state index contributed by atoms with van der Waals surface area (Å²) in [6, 6.07) is 13.9.